The lowest BCUT2D eigenvalue weighted by Crippen LogP contribution is -2.21. The van der Waals surface area contributed by atoms with Crippen molar-refractivity contribution in [3.05, 3.63) is 0 Å². The predicted octanol–water partition coefficient (Wildman–Crippen LogP) is 0.329. The van der Waals surface area contributed by atoms with E-state index in [1.165, 1.54) is 0 Å². The van der Waals surface area contributed by atoms with Crippen LogP contribution in [0.5, 0.6) is 0 Å². The highest BCUT2D eigenvalue weighted by molar-refractivity contribution is 7.91. The molecule has 0 rings (SSSR count). The Morgan fingerprint density at radius 2 is 1.80 bits per heavy atom. The van der Waals surface area contributed by atoms with Gasteiger partial charge in [0.2, 0.25) is 0 Å². The molecule has 0 aromatic rings. The molecule has 0 amide bonds. The lowest BCUT2D eigenvalue weighted by Gasteiger charge is -2.07. The first-order valence-electron chi connectivity index (χ1n) is 4.32. The quantitative estimate of drug-likeness (QED) is 0.660. The number of sulfone groups is 1. The van der Waals surface area contributed by atoms with Gasteiger partial charge in [0, 0.05) is 13.2 Å². The van der Waals surface area contributed by atoms with Gasteiger partial charge < -0.3 is 10.5 Å². The maximum absolute atomic E-state index is 11.6. The predicted molar refractivity (Wildman–Crippen MR) is 49.2 cm³/mol. The lowest BCUT2D eigenvalue weighted by atomic mass is 10.5. The molecule has 0 saturated carbocycles. The molecule has 0 atom stereocenters. The van der Waals surface area contributed by atoms with Gasteiger partial charge in [-0.15, -0.1) is 0 Å². The molecule has 0 saturated heterocycles. The van der Waals surface area contributed by atoms with Gasteiger partial charge in [0.25, 0.3) is 0 Å². The number of ether oxygens (including phenoxy) is 1. The van der Waals surface area contributed by atoms with E-state index < -0.39 is 22.6 Å². The standard InChI is InChI=1S/C7H14F3NO3S/c8-7(9,10)6-14-3-1-4-15(12,13)5-2-11/h1-6,11H2. The summed E-state index contributed by atoms with van der Waals surface area (Å²) in [5, 5.41) is 0. The van der Waals surface area contributed by atoms with Gasteiger partial charge in [-0.05, 0) is 6.42 Å². The van der Waals surface area contributed by atoms with Crippen molar-refractivity contribution in [2.24, 2.45) is 5.73 Å². The Morgan fingerprint density at radius 1 is 1.20 bits per heavy atom. The SMILES string of the molecule is NCCS(=O)(=O)CCCOCC(F)(F)F. The molecule has 92 valence electrons. The summed E-state index contributed by atoms with van der Waals surface area (Å²) in [6, 6.07) is 0. The molecule has 2 N–H and O–H groups in total. The number of rotatable bonds is 7. The first-order valence-corrected chi connectivity index (χ1v) is 6.14. The van der Waals surface area contributed by atoms with E-state index in [4.69, 9.17) is 5.73 Å². The summed E-state index contributed by atoms with van der Waals surface area (Å²) in [7, 11) is -3.23. The van der Waals surface area contributed by atoms with Crippen LogP contribution >= 0.6 is 0 Å². The molecule has 0 fully saturated rings. The van der Waals surface area contributed by atoms with Crippen LogP contribution in [0.2, 0.25) is 0 Å². The van der Waals surface area contributed by atoms with Gasteiger partial charge in [-0.2, -0.15) is 13.2 Å². The third-order valence-corrected chi connectivity index (χ3v) is 3.21. The molecule has 0 aliphatic heterocycles. The van der Waals surface area contributed by atoms with Crippen molar-refractivity contribution in [2.45, 2.75) is 12.6 Å². The minimum Gasteiger partial charge on any atom is -0.372 e. The van der Waals surface area contributed by atoms with E-state index in [-0.39, 0.29) is 31.1 Å². The molecule has 0 aliphatic rings. The third-order valence-electron chi connectivity index (χ3n) is 1.44. The lowest BCUT2D eigenvalue weighted by molar-refractivity contribution is -0.173. The largest absolute Gasteiger partial charge is 0.411 e. The monoisotopic (exact) mass is 249 g/mol. The van der Waals surface area contributed by atoms with Crippen LogP contribution in [0.25, 0.3) is 0 Å². The second-order valence-electron chi connectivity index (χ2n) is 2.96. The van der Waals surface area contributed by atoms with E-state index >= 15 is 0 Å². The van der Waals surface area contributed by atoms with E-state index in [0.717, 1.165) is 0 Å². The average molecular weight is 249 g/mol. The smallest absolute Gasteiger partial charge is 0.372 e. The zero-order valence-electron chi connectivity index (χ0n) is 8.09. The molecular formula is C7H14F3NO3S. The van der Waals surface area contributed by atoms with Crippen LogP contribution in [0.1, 0.15) is 6.42 Å². The van der Waals surface area contributed by atoms with Crippen molar-refractivity contribution in [1.82, 2.24) is 0 Å². The second kappa shape index (κ2) is 6.29. The van der Waals surface area contributed by atoms with E-state index in [9.17, 15) is 21.6 Å². The average Bonchev–Trinajstić information content (AvgIpc) is 2.00. The minimum absolute atomic E-state index is 0.0196. The highest BCUT2D eigenvalue weighted by Crippen LogP contribution is 2.14. The molecule has 0 unspecified atom stereocenters. The summed E-state index contributed by atoms with van der Waals surface area (Å²) in [4.78, 5) is 0. The Morgan fingerprint density at radius 3 is 2.27 bits per heavy atom. The van der Waals surface area contributed by atoms with Crippen molar-refractivity contribution in [3.8, 4) is 0 Å². The number of hydrogen-bond acceptors (Lipinski definition) is 4. The highest BCUT2D eigenvalue weighted by Gasteiger charge is 2.27. The Kier molecular flexibility index (Phi) is 6.15. The van der Waals surface area contributed by atoms with Crippen LogP contribution < -0.4 is 5.73 Å². The summed E-state index contributed by atoms with van der Waals surface area (Å²) in [5.74, 6) is -0.339. The summed E-state index contributed by atoms with van der Waals surface area (Å²) in [6.45, 7) is -1.54. The molecular weight excluding hydrogens is 235 g/mol. The topological polar surface area (TPSA) is 69.4 Å². The molecule has 0 aliphatic carbocycles. The summed E-state index contributed by atoms with van der Waals surface area (Å²) >= 11 is 0. The molecule has 0 radical (unpaired) electrons. The fourth-order valence-corrected chi connectivity index (χ4v) is 1.97. The molecule has 0 aromatic carbocycles. The number of halogens is 3. The van der Waals surface area contributed by atoms with E-state index in [0.29, 0.717) is 0 Å². The fraction of sp³-hybridized carbons (Fsp3) is 1.00. The fourth-order valence-electron chi connectivity index (χ4n) is 0.850. The first-order chi connectivity index (χ1) is 6.77. The number of nitrogens with two attached hydrogens (primary N) is 1. The molecule has 0 bridgehead atoms. The van der Waals surface area contributed by atoms with Crippen LogP contribution in [0.3, 0.4) is 0 Å². The van der Waals surface area contributed by atoms with Gasteiger partial charge >= 0.3 is 6.18 Å². The van der Waals surface area contributed by atoms with E-state index in [2.05, 4.69) is 4.74 Å². The van der Waals surface area contributed by atoms with Crippen molar-refractivity contribution in [2.75, 3.05) is 31.3 Å². The summed E-state index contributed by atoms with van der Waals surface area (Å²) < 4.78 is 61.1. The van der Waals surface area contributed by atoms with Crippen molar-refractivity contribution >= 4 is 9.84 Å². The Hall–Kier alpha value is -0.340. The van der Waals surface area contributed by atoms with Crippen LogP contribution in [0, 0.1) is 0 Å². The Bertz CT molecular complexity index is 263. The second-order valence-corrected chi connectivity index (χ2v) is 5.27. The summed E-state index contributed by atoms with van der Waals surface area (Å²) in [5.41, 5.74) is 5.04. The van der Waals surface area contributed by atoms with Crippen LogP contribution in [-0.2, 0) is 14.6 Å². The summed E-state index contributed by atoms with van der Waals surface area (Å²) in [6.07, 6.45) is -4.31. The molecule has 0 aromatic heterocycles. The highest BCUT2D eigenvalue weighted by atomic mass is 32.2. The molecule has 4 nitrogen and oxygen atoms in total. The van der Waals surface area contributed by atoms with Gasteiger partial charge in [0.05, 0.1) is 11.5 Å². The van der Waals surface area contributed by atoms with Crippen molar-refractivity contribution in [3.63, 3.8) is 0 Å². The van der Waals surface area contributed by atoms with Crippen molar-refractivity contribution < 1.29 is 26.3 Å². The Balaban J connectivity index is 3.55. The number of alkyl halides is 3. The molecule has 0 heterocycles. The van der Waals surface area contributed by atoms with Gasteiger partial charge in [-0.1, -0.05) is 0 Å². The first kappa shape index (κ1) is 14.7. The molecule has 0 spiro atoms. The van der Waals surface area contributed by atoms with Gasteiger partial charge in [-0.3, -0.25) is 0 Å². The molecule has 8 heteroatoms. The maximum Gasteiger partial charge on any atom is 0.411 e. The van der Waals surface area contributed by atoms with Crippen LogP contribution in [-0.4, -0.2) is 45.9 Å². The van der Waals surface area contributed by atoms with E-state index in [1.807, 2.05) is 0 Å². The molecule has 15 heavy (non-hydrogen) atoms. The zero-order valence-corrected chi connectivity index (χ0v) is 8.90. The van der Waals surface area contributed by atoms with Crippen molar-refractivity contribution in [1.29, 1.82) is 0 Å². The van der Waals surface area contributed by atoms with Gasteiger partial charge in [-0.25, -0.2) is 8.42 Å². The van der Waals surface area contributed by atoms with Crippen LogP contribution in [0.4, 0.5) is 13.2 Å². The Labute approximate surface area is 86.5 Å². The number of hydrogen-bond donors (Lipinski definition) is 1. The van der Waals surface area contributed by atoms with Gasteiger partial charge in [0.15, 0.2) is 9.84 Å². The third kappa shape index (κ3) is 9.95. The van der Waals surface area contributed by atoms with Crippen LogP contribution in [0.15, 0.2) is 0 Å². The van der Waals surface area contributed by atoms with Gasteiger partial charge in [0.1, 0.15) is 6.61 Å². The zero-order chi connectivity index (χ0) is 11.9. The normalized spacial score (nSPS) is 13.1. The minimum atomic E-state index is -4.36. The maximum atomic E-state index is 11.6. The van der Waals surface area contributed by atoms with E-state index in [1.54, 1.807) is 0 Å².